The van der Waals surface area contributed by atoms with Crippen LogP contribution in [-0.2, 0) is 19.1 Å². The molecule has 5 nitrogen and oxygen atoms in total. The van der Waals surface area contributed by atoms with Crippen LogP contribution in [0.5, 0.6) is 0 Å². The van der Waals surface area contributed by atoms with Crippen LogP contribution >= 0.6 is 43.2 Å². The van der Waals surface area contributed by atoms with Gasteiger partial charge in [-0.3, -0.25) is 0 Å². The molecule has 2 saturated heterocycles. The molecule has 35 heavy (non-hydrogen) atoms. The van der Waals surface area contributed by atoms with Gasteiger partial charge in [0.2, 0.25) is 0 Å². The number of fused-ring (bicyclic) bond motifs is 5. The Kier molecular flexibility index (Phi) is 7.35. The fraction of sp³-hybridized carbons (Fsp3) is 0.720. The Morgan fingerprint density at radius 2 is 2.03 bits per heavy atom. The van der Waals surface area contributed by atoms with Gasteiger partial charge < -0.3 is 0 Å². The van der Waals surface area contributed by atoms with E-state index in [0.29, 0.717) is 4.43 Å². The Labute approximate surface area is 221 Å². The molecule has 8 atom stereocenters. The number of esters is 1. The molecule has 2 aliphatic heterocycles. The van der Waals surface area contributed by atoms with Crippen molar-refractivity contribution in [2.24, 2.45) is 16.7 Å². The molecule has 3 fully saturated rings. The Morgan fingerprint density at radius 1 is 1.34 bits per heavy atom. The van der Waals surface area contributed by atoms with Gasteiger partial charge in [0.05, 0.1) is 0 Å². The van der Waals surface area contributed by atoms with Crippen LogP contribution in [0.1, 0.15) is 47.0 Å². The molecule has 0 spiro atoms. The summed E-state index contributed by atoms with van der Waals surface area (Å²) in [6, 6.07) is 0. The average molecular weight is 645 g/mol. The van der Waals surface area contributed by atoms with Gasteiger partial charge in [-0.15, -0.1) is 0 Å². The third-order valence-electron chi connectivity index (χ3n) is 8.46. The summed E-state index contributed by atoms with van der Waals surface area (Å²) in [5, 5.41) is 11.3. The molecule has 0 bridgehead atoms. The van der Waals surface area contributed by atoms with Crippen molar-refractivity contribution in [2.45, 2.75) is 72.2 Å². The minimum atomic E-state index is -2.58. The summed E-state index contributed by atoms with van der Waals surface area (Å²) in [5.74, 6) is -1.36. The van der Waals surface area contributed by atoms with Crippen LogP contribution in [0.15, 0.2) is 23.8 Å². The van der Waals surface area contributed by atoms with Crippen molar-refractivity contribution >= 4 is 60.0 Å². The molecule has 10 heteroatoms. The summed E-state index contributed by atoms with van der Waals surface area (Å²) in [4.78, 5) is 37.4. The molecule has 1 N–H and O–H groups in total. The van der Waals surface area contributed by atoms with E-state index in [-0.39, 0.29) is 53.5 Å². The average Bonchev–Trinajstić information content (AvgIpc) is 3.02. The first-order valence-electron chi connectivity index (χ1n) is 11.8. The second-order valence-corrected chi connectivity index (χ2v) is 19.2. The molecule has 0 aromatic rings. The number of aliphatic hydroxyl groups excluding tert-OH is 1. The number of allylic oxidation sites excluding steroid dienone is 4. The zero-order valence-electron chi connectivity index (χ0n) is 20.3. The molecule has 4 aliphatic rings. The van der Waals surface area contributed by atoms with Gasteiger partial charge in [-0.25, -0.2) is 0 Å². The predicted octanol–water partition coefficient (Wildman–Crippen LogP) is 4.95. The number of halogens is 4. The van der Waals surface area contributed by atoms with Gasteiger partial charge in [-0.2, -0.15) is 0 Å². The Bertz CT molecular complexity index is 1010. The molecular weight excluding hydrogens is 613 g/mol. The van der Waals surface area contributed by atoms with E-state index in [1.54, 1.807) is 13.8 Å². The predicted molar refractivity (Wildman–Crippen MR) is 142 cm³/mol. The molecule has 2 heterocycles. The van der Waals surface area contributed by atoms with E-state index >= 15 is 8.78 Å². The van der Waals surface area contributed by atoms with Gasteiger partial charge in [0, 0.05) is 0 Å². The van der Waals surface area contributed by atoms with Crippen LogP contribution in [0.25, 0.3) is 0 Å². The van der Waals surface area contributed by atoms with Crippen LogP contribution in [0, 0.1) is 16.7 Å². The molecule has 0 aromatic heterocycles. The second-order valence-electron chi connectivity index (χ2n) is 10.7. The molecule has 0 aromatic carbocycles. The summed E-state index contributed by atoms with van der Waals surface area (Å²) in [7, 11) is 0. The number of aliphatic hydroxyl groups is 1. The van der Waals surface area contributed by atoms with E-state index in [1.807, 2.05) is 13.8 Å². The molecule has 4 rings (SSSR count). The zero-order chi connectivity index (χ0) is 26.0. The zero-order valence-corrected chi connectivity index (χ0v) is 24.0. The third-order valence-corrected chi connectivity index (χ3v) is 19.4. The van der Waals surface area contributed by atoms with Crippen molar-refractivity contribution in [3.8, 4) is 0 Å². The minimum absolute atomic E-state index is 0.0144. The topological polar surface area (TPSA) is 80.7 Å². The summed E-state index contributed by atoms with van der Waals surface area (Å²) in [5.41, 5.74) is -4.26. The molecular formula is C25H32ClF2IO5S. The summed E-state index contributed by atoms with van der Waals surface area (Å²) < 4.78 is 37.6. The van der Waals surface area contributed by atoms with Crippen molar-refractivity contribution in [1.29, 1.82) is 0 Å². The number of hydrogen-bond donors (Lipinski definition) is 1. The van der Waals surface area contributed by atoms with E-state index in [1.165, 1.54) is 18.2 Å². The third kappa shape index (κ3) is 3.96. The Balaban J connectivity index is 1.81. The van der Waals surface area contributed by atoms with Gasteiger partial charge in [0.1, 0.15) is 0 Å². The van der Waals surface area contributed by atoms with Crippen molar-refractivity contribution in [3.63, 3.8) is 0 Å². The summed E-state index contributed by atoms with van der Waals surface area (Å²) in [6.07, 6.45) is 1.05. The maximum absolute atomic E-state index is 17.4. The van der Waals surface area contributed by atoms with Gasteiger partial charge in [0.15, 0.2) is 0 Å². The standard InChI is InChI=1S/C25H32ClF2IO5S/c1-5-19(32)34-12-22(2)11-29-17-9-16(27)15-8-14(30)6-7-23(15,3)25(17,28)18(31)10-24(29,4)20(22)21(33)35-13-26/h6-8,16-18,20,31H,5,9-13H2,1-4H3/t16?,17-,18+,20+,22?,23+,24-,25?/m1/s1. The number of ether oxygens (including phenoxy) is 1. The van der Waals surface area contributed by atoms with Gasteiger partial charge in [-0.05, 0) is 0 Å². The van der Waals surface area contributed by atoms with Crippen molar-refractivity contribution in [3.05, 3.63) is 23.8 Å². The quantitative estimate of drug-likeness (QED) is 0.259. The van der Waals surface area contributed by atoms with E-state index in [9.17, 15) is 19.5 Å². The van der Waals surface area contributed by atoms with Gasteiger partial charge in [-0.1, -0.05) is 0 Å². The Hall–Kier alpha value is -0.520. The van der Waals surface area contributed by atoms with E-state index in [4.69, 9.17) is 16.3 Å². The van der Waals surface area contributed by atoms with Crippen molar-refractivity contribution in [1.82, 2.24) is 0 Å². The number of alkyl halides is 6. The van der Waals surface area contributed by atoms with Crippen molar-refractivity contribution < 1.29 is 33.0 Å². The molecule has 196 valence electrons. The van der Waals surface area contributed by atoms with Gasteiger partial charge in [0.25, 0.3) is 0 Å². The molecule has 1 saturated carbocycles. The number of ketones is 1. The van der Waals surface area contributed by atoms with Crippen LogP contribution in [0.3, 0.4) is 0 Å². The fourth-order valence-corrected chi connectivity index (χ4v) is 19.9. The number of rotatable bonds is 5. The number of carbonyl (C=O) groups excluding carboxylic acids is 3. The van der Waals surface area contributed by atoms with E-state index in [0.717, 1.165) is 11.8 Å². The first kappa shape index (κ1) is 27.5. The van der Waals surface area contributed by atoms with Crippen LogP contribution in [-0.4, -0.2) is 63.5 Å². The summed E-state index contributed by atoms with van der Waals surface area (Å²) >= 11 is 4.29. The number of hydrogen-bond acceptors (Lipinski definition) is 6. The van der Waals surface area contributed by atoms with E-state index in [2.05, 4.69) is 0 Å². The van der Waals surface area contributed by atoms with Crippen LogP contribution in [0.2, 0.25) is 0 Å². The molecule has 0 radical (unpaired) electrons. The molecule has 3 unspecified atom stereocenters. The molecule has 0 amide bonds. The van der Waals surface area contributed by atoms with E-state index < -0.39 is 61.9 Å². The van der Waals surface area contributed by atoms with Crippen molar-refractivity contribution in [2.75, 3.05) is 16.2 Å². The first-order valence-corrected chi connectivity index (χ1v) is 17.1. The molecule has 2 aliphatic carbocycles. The fourth-order valence-electron chi connectivity index (χ4n) is 6.82. The number of thioether (sulfide) groups is 1. The SMILES string of the molecule is CCC(=O)OCC1(C)CI2[C@@H]3CC(F)C4=CC(=O)C=C[C@]4(C)C3(F)[C@@H](O)C[C@]2(C)[C@H]1C(=O)SCCl. The maximum atomic E-state index is 17.4. The van der Waals surface area contributed by atoms with Gasteiger partial charge >= 0.3 is 222 Å². The number of carbonyl (C=O) groups is 3. The van der Waals surface area contributed by atoms with Crippen LogP contribution < -0.4 is 0 Å². The second kappa shape index (κ2) is 9.34. The normalized spacial score (nSPS) is 45.3. The Morgan fingerprint density at radius 3 is 2.66 bits per heavy atom. The van der Waals surface area contributed by atoms with Crippen LogP contribution in [0.4, 0.5) is 8.78 Å². The summed E-state index contributed by atoms with van der Waals surface area (Å²) in [6.45, 7) is 7.11. The first-order chi connectivity index (χ1) is 16.3. The monoisotopic (exact) mass is 644 g/mol.